The molecule has 0 spiro atoms. The highest BCUT2D eigenvalue weighted by Gasteiger charge is 2.40. The van der Waals surface area contributed by atoms with Gasteiger partial charge in [0.05, 0.1) is 19.9 Å². The summed E-state index contributed by atoms with van der Waals surface area (Å²) in [5.41, 5.74) is 2.20. The Balaban J connectivity index is 1.49. The number of amides is 2. The maximum Gasteiger partial charge on any atom is 0.247 e. The van der Waals surface area contributed by atoms with Crippen molar-refractivity contribution in [2.24, 2.45) is 4.99 Å². The standard InChI is InChI=1S/C27H26FN3O4S/c1-34-22-13-8-18(16-23(22)35-2)14-15-29-27(30-20-6-4-3-5-7-20)36-24-17-25(32)31(26(24)33)21-11-9-19(28)10-12-21/h3-13,16,24H,14-15,17H2,1-2H3,(H,29,30). The van der Waals surface area contributed by atoms with Crippen LogP contribution >= 0.6 is 11.8 Å². The lowest BCUT2D eigenvalue weighted by molar-refractivity contribution is -0.121. The van der Waals surface area contributed by atoms with Crippen molar-refractivity contribution in [1.29, 1.82) is 0 Å². The molecule has 1 aliphatic heterocycles. The zero-order chi connectivity index (χ0) is 25.5. The third-order valence-corrected chi connectivity index (χ3v) is 6.68. The summed E-state index contributed by atoms with van der Waals surface area (Å²) in [7, 11) is 3.18. The fourth-order valence-corrected chi connectivity index (χ4v) is 4.81. The van der Waals surface area contributed by atoms with Crippen LogP contribution in [0.15, 0.2) is 77.8 Å². The summed E-state index contributed by atoms with van der Waals surface area (Å²) in [6, 6.07) is 20.5. The third-order valence-electron chi connectivity index (χ3n) is 5.57. The van der Waals surface area contributed by atoms with Crippen LogP contribution in [0.25, 0.3) is 0 Å². The first-order valence-electron chi connectivity index (χ1n) is 11.3. The van der Waals surface area contributed by atoms with E-state index in [4.69, 9.17) is 14.5 Å². The van der Waals surface area contributed by atoms with E-state index in [2.05, 4.69) is 5.32 Å². The molecule has 0 radical (unpaired) electrons. The van der Waals surface area contributed by atoms with Gasteiger partial charge in [0, 0.05) is 18.7 Å². The van der Waals surface area contributed by atoms with E-state index in [9.17, 15) is 14.0 Å². The Hall–Kier alpha value is -3.85. The molecule has 36 heavy (non-hydrogen) atoms. The highest BCUT2D eigenvalue weighted by molar-refractivity contribution is 8.15. The maximum atomic E-state index is 13.3. The summed E-state index contributed by atoms with van der Waals surface area (Å²) < 4.78 is 24.0. The molecule has 1 fully saturated rings. The Bertz CT molecular complexity index is 1250. The van der Waals surface area contributed by atoms with Gasteiger partial charge in [0.1, 0.15) is 11.1 Å². The summed E-state index contributed by atoms with van der Waals surface area (Å²) in [5, 5.41) is 3.16. The Morgan fingerprint density at radius 2 is 1.75 bits per heavy atom. The minimum atomic E-state index is -0.640. The average molecular weight is 508 g/mol. The Kier molecular flexibility index (Phi) is 8.22. The van der Waals surface area contributed by atoms with Crippen LogP contribution in [0.3, 0.4) is 0 Å². The molecule has 9 heteroatoms. The monoisotopic (exact) mass is 507 g/mol. The number of aliphatic imine (C=N–C) groups is 1. The average Bonchev–Trinajstić information content (AvgIpc) is 3.17. The van der Waals surface area contributed by atoms with Crippen LogP contribution in [0.5, 0.6) is 11.5 Å². The van der Waals surface area contributed by atoms with Crippen molar-refractivity contribution in [2.45, 2.75) is 18.1 Å². The number of para-hydroxylation sites is 1. The van der Waals surface area contributed by atoms with Gasteiger partial charge in [0.25, 0.3) is 0 Å². The molecule has 4 rings (SSSR count). The predicted molar refractivity (Wildman–Crippen MR) is 141 cm³/mol. The molecule has 3 aromatic carbocycles. The minimum Gasteiger partial charge on any atom is -0.493 e. The first kappa shape index (κ1) is 25.2. The number of ether oxygens (including phenoxy) is 2. The molecule has 2 amide bonds. The van der Waals surface area contributed by atoms with Crippen molar-refractivity contribution >= 4 is 40.1 Å². The zero-order valence-electron chi connectivity index (χ0n) is 19.9. The first-order valence-corrected chi connectivity index (χ1v) is 12.2. The van der Waals surface area contributed by atoms with E-state index in [0.717, 1.165) is 16.2 Å². The lowest BCUT2D eigenvalue weighted by Crippen LogP contribution is -2.31. The molecule has 1 aliphatic rings. The molecule has 0 saturated carbocycles. The van der Waals surface area contributed by atoms with E-state index in [1.54, 1.807) is 14.2 Å². The largest absolute Gasteiger partial charge is 0.493 e. The molecule has 0 bridgehead atoms. The Morgan fingerprint density at radius 1 is 1.03 bits per heavy atom. The number of imide groups is 1. The van der Waals surface area contributed by atoms with Gasteiger partial charge in [-0.05, 0) is 60.5 Å². The fraction of sp³-hybridized carbons (Fsp3) is 0.222. The number of hydrogen-bond donors (Lipinski definition) is 1. The molecule has 186 valence electrons. The van der Waals surface area contributed by atoms with Crippen molar-refractivity contribution in [2.75, 3.05) is 31.0 Å². The lowest BCUT2D eigenvalue weighted by Gasteiger charge is -2.16. The summed E-state index contributed by atoms with van der Waals surface area (Å²) in [4.78, 5) is 31.6. The van der Waals surface area contributed by atoms with E-state index < -0.39 is 11.1 Å². The highest BCUT2D eigenvalue weighted by Crippen LogP contribution is 2.31. The number of hydrogen-bond acceptors (Lipinski definition) is 6. The van der Waals surface area contributed by atoms with Gasteiger partial charge >= 0.3 is 0 Å². The van der Waals surface area contributed by atoms with Gasteiger partial charge in [-0.2, -0.15) is 0 Å². The van der Waals surface area contributed by atoms with Crippen molar-refractivity contribution in [3.63, 3.8) is 0 Å². The second kappa shape index (κ2) is 11.7. The van der Waals surface area contributed by atoms with Crippen LogP contribution in [0.1, 0.15) is 12.0 Å². The lowest BCUT2D eigenvalue weighted by atomic mass is 10.1. The fourth-order valence-electron chi connectivity index (χ4n) is 3.77. The van der Waals surface area contributed by atoms with Gasteiger partial charge in [0.2, 0.25) is 11.8 Å². The molecule has 7 nitrogen and oxygen atoms in total. The Morgan fingerprint density at radius 3 is 2.44 bits per heavy atom. The highest BCUT2D eigenvalue weighted by atomic mass is 32.2. The zero-order valence-corrected chi connectivity index (χ0v) is 20.8. The summed E-state index contributed by atoms with van der Waals surface area (Å²) in [6.45, 7) is 0.453. The minimum absolute atomic E-state index is 0.0338. The summed E-state index contributed by atoms with van der Waals surface area (Å²) in [6.07, 6.45) is 0.673. The second-order valence-electron chi connectivity index (χ2n) is 7.97. The van der Waals surface area contributed by atoms with Crippen LogP contribution in [-0.2, 0) is 16.0 Å². The summed E-state index contributed by atoms with van der Waals surface area (Å²) >= 11 is 1.22. The quantitative estimate of drug-likeness (QED) is 0.265. The smallest absolute Gasteiger partial charge is 0.247 e. The molecule has 1 atom stereocenters. The maximum absolute atomic E-state index is 13.3. The molecular weight excluding hydrogens is 481 g/mol. The van der Waals surface area contributed by atoms with Crippen LogP contribution in [0.4, 0.5) is 15.8 Å². The number of nitrogens with one attached hydrogen (secondary N) is 1. The number of carbonyl (C=O) groups is 2. The van der Waals surface area contributed by atoms with E-state index in [1.165, 1.54) is 36.0 Å². The second-order valence-corrected chi connectivity index (χ2v) is 9.16. The van der Waals surface area contributed by atoms with Crippen molar-refractivity contribution in [1.82, 2.24) is 0 Å². The number of nitrogens with zero attached hydrogens (tertiary/aromatic N) is 2. The van der Waals surface area contributed by atoms with Crippen LogP contribution < -0.4 is 19.7 Å². The van der Waals surface area contributed by atoms with Crippen LogP contribution in [-0.4, -0.2) is 43.0 Å². The number of thioether (sulfide) groups is 1. The third kappa shape index (κ3) is 6.04. The van der Waals surface area contributed by atoms with Gasteiger partial charge in [-0.25, -0.2) is 9.29 Å². The number of benzene rings is 3. The number of amidine groups is 1. The summed E-state index contributed by atoms with van der Waals surface area (Å²) in [5.74, 6) is 0.195. The normalized spacial score (nSPS) is 15.8. The van der Waals surface area contributed by atoms with Gasteiger partial charge in [-0.15, -0.1) is 0 Å². The van der Waals surface area contributed by atoms with Crippen LogP contribution in [0, 0.1) is 5.82 Å². The van der Waals surface area contributed by atoms with Crippen molar-refractivity contribution < 1.29 is 23.5 Å². The van der Waals surface area contributed by atoms with E-state index in [-0.39, 0.29) is 18.2 Å². The van der Waals surface area contributed by atoms with Gasteiger partial charge in [0.15, 0.2) is 16.7 Å². The van der Waals surface area contributed by atoms with E-state index in [0.29, 0.717) is 35.3 Å². The van der Waals surface area contributed by atoms with E-state index >= 15 is 0 Å². The number of halogens is 1. The van der Waals surface area contributed by atoms with E-state index in [1.807, 2.05) is 48.5 Å². The molecule has 1 saturated heterocycles. The van der Waals surface area contributed by atoms with Crippen molar-refractivity contribution in [3.05, 3.63) is 84.2 Å². The van der Waals surface area contributed by atoms with Crippen molar-refractivity contribution in [3.8, 4) is 11.5 Å². The number of anilines is 2. The SMILES string of the molecule is COc1ccc(CCN=C(Nc2ccccc2)SC2CC(=O)N(c3ccc(F)cc3)C2=O)cc1OC. The topological polar surface area (TPSA) is 80.2 Å². The van der Waals surface area contributed by atoms with Gasteiger partial charge in [-0.3, -0.25) is 14.6 Å². The number of carbonyl (C=O) groups excluding carboxylic acids is 2. The Labute approximate surface area is 213 Å². The predicted octanol–water partition coefficient (Wildman–Crippen LogP) is 4.92. The number of methoxy groups -OCH3 is 2. The van der Waals surface area contributed by atoms with Crippen LogP contribution in [0.2, 0.25) is 0 Å². The molecule has 3 aromatic rings. The first-order chi connectivity index (χ1) is 17.5. The molecular formula is C27H26FN3O4S. The van der Waals surface area contributed by atoms with Gasteiger partial charge in [-0.1, -0.05) is 36.0 Å². The molecule has 1 unspecified atom stereocenters. The van der Waals surface area contributed by atoms with Gasteiger partial charge < -0.3 is 14.8 Å². The molecule has 0 aromatic heterocycles. The molecule has 1 N–H and O–H groups in total. The molecule has 1 heterocycles. The number of rotatable bonds is 8. The molecule has 0 aliphatic carbocycles.